The molecule has 0 saturated heterocycles. The van der Waals surface area contributed by atoms with Crippen molar-refractivity contribution in [2.75, 3.05) is 0 Å². The van der Waals surface area contributed by atoms with Gasteiger partial charge in [-0.05, 0) is 36.6 Å². The van der Waals surface area contributed by atoms with E-state index in [1.54, 1.807) is 6.20 Å². The molecule has 3 heterocycles. The summed E-state index contributed by atoms with van der Waals surface area (Å²) in [5.41, 5.74) is 3.87. The summed E-state index contributed by atoms with van der Waals surface area (Å²) >= 11 is 0. The molecule has 0 spiro atoms. The van der Waals surface area contributed by atoms with Gasteiger partial charge in [0.2, 0.25) is 0 Å². The second-order valence-electron chi connectivity index (χ2n) is 4.76. The minimum Gasteiger partial charge on any atom is -0.346 e. The van der Waals surface area contributed by atoms with Crippen LogP contribution in [0.2, 0.25) is 0 Å². The molecule has 0 atom stereocenters. The van der Waals surface area contributed by atoms with Crippen LogP contribution in [0.1, 0.15) is 18.4 Å². The molecule has 1 aliphatic rings. The maximum Gasteiger partial charge on any atom is 0.273 e. The van der Waals surface area contributed by atoms with Crippen molar-refractivity contribution < 1.29 is 0 Å². The van der Waals surface area contributed by atoms with Gasteiger partial charge in [-0.1, -0.05) is 0 Å². The largest absolute Gasteiger partial charge is 0.346 e. The van der Waals surface area contributed by atoms with Gasteiger partial charge in [-0.3, -0.25) is 4.79 Å². The number of fused-ring (bicyclic) bond motifs is 1. The predicted octanol–water partition coefficient (Wildman–Crippen LogP) is 0.353. The maximum absolute atomic E-state index is 11.9. The fourth-order valence-electron chi connectivity index (χ4n) is 2.25. The van der Waals surface area contributed by atoms with Crippen molar-refractivity contribution in [2.45, 2.75) is 12.8 Å². The molecule has 4 rings (SSSR count). The molecule has 0 aliphatic heterocycles. The van der Waals surface area contributed by atoms with Gasteiger partial charge in [-0.15, -0.1) is 0 Å². The van der Waals surface area contributed by atoms with Crippen LogP contribution in [-0.2, 0) is 0 Å². The van der Waals surface area contributed by atoms with Crippen molar-refractivity contribution >= 4 is 22.7 Å². The lowest BCUT2D eigenvalue weighted by Crippen LogP contribution is -2.22. The monoisotopic (exact) mass is 252 g/mol. The molecule has 3 N–H and O–H groups in total. The summed E-state index contributed by atoms with van der Waals surface area (Å²) in [4.78, 5) is 25.2. The highest BCUT2D eigenvalue weighted by atomic mass is 16.1. The highest BCUT2D eigenvalue weighted by Gasteiger charge is 2.13. The van der Waals surface area contributed by atoms with Gasteiger partial charge < -0.3 is 15.0 Å². The van der Waals surface area contributed by atoms with Crippen molar-refractivity contribution in [3.8, 4) is 0 Å². The molecular formula is C14H12N4O. The van der Waals surface area contributed by atoms with Gasteiger partial charge >= 0.3 is 0 Å². The highest BCUT2D eigenvalue weighted by molar-refractivity contribution is 5.85. The average Bonchev–Trinajstić information content (AvgIpc) is 3.11. The number of nitrogens with zero attached hydrogens (tertiary/aromatic N) is 1. The van der Waals surface area contributed by atoms with E-state index in [-0.39, 0.29) is 5.56 Å². The lowest BCUT2D eigenvalue weighted by Gasteiger charge is -1.88. The molecule has 3 aromatic rings. The molecule has 1 aliphatic carbocycles. The van der Waals surface area contributed by atoms with Crippen LogP contribution in [0.3, 0.4) is 0 Å². The summed E-state index contributed by atoms with van der Waals surface area (Å²) in [5.74, 6) is 0. The van der Waals surface area contributed by atoms with Gasteiger partial charge in [0.15, 0.2) is 0 Å². The summed E-state index contributed by atoms with van der Waals surface area (Å²) in [6, 6.07) is 3.87. The van der Waals surface area contributed by atoms with Crippen LogP contribution >= 0.6 is 0 Å². The van der Waals surface area contributed by atoms with Crippen molar-refractivity contribution in [3.63, 3.8) is 0 Å². The summed E-state index contributed by atoms with van der Waals surface area (Å²) in [6.45, 7) is 0. The molecule has 1 fully saturated rings. The normalized spacial score (nSPS) is 15.4. The third-order valence-corrected chi connectivity index (χ3v) is 3.38. The molecule has 94 valence electrons. The Bertz CT molecular complexity index is 936. The number of hydrogen-bond donors (Lipinski definition) is 3. The average molecular weight is 252 g/mol. The summed E-state index contributed by atoms with van der Waals surface area (Å²) in [5, 5.41) is 1.59. The van der Waals surface area contributed by atoms with E-state index in [0.29, 0.717) is 5.35 Å². The number of rotatable bonds is 1. The minimum absolute atomic E-state index is 0.0763. The van der Waals surface area contributed by atoms with Crippen molar-refractivity contribution in [1.29, 1.82) is 0 Å². The Morgan fingerprint density at radius 3 is 3.00 bits per heavy atom. The number of H-pyrrole nitrogens is 3. The van der Waals surface area contributed by atoms with Crippen LogP contribution in [0.5, 0.6) is 0 Å². The number of pyridine rings is 1. The summed E-state index contributed by atoms with van der Waals surface area (Å²) < 4.78 is 0. The van der Waals surface area contributed by atoms with Gasteiger partial charge in [0.25, 0.3) is 5.56 Å². The third-order valence-electron chi connectivity index (χ3n) is 3.38. The first kappa shape index (κ1) is 10.4. The van der Waals surface area contributed by atoms with E-state index >= 15 is 0 Å². The van der Waals surface area contributed by atoms with E-state index in [9.17, 15) is 4.79 Å². The quantitative estimate of drug-likeness (QED) is 0.584. The smallest absolute Gasteiger partial charge is 0.273 e. The van der Waals surface area contributed by atoms with Gasteiger partial charge in [0.05, 0.1) is 0 Å². The first-order chi connectivity index (χ1) is 9.31. The van der Waals surface area contributed by atoms with Crippen LogP contribution < -0.4 is 16.4 Å². The summed E-state index contributed by atoms with van der Waals surface area (Å²) in [6.07, 6.45) is 7.61. The molecule has 1 saturated carbocycles. The topological polar surface area (TPSA) is 77.3 Å². The zero-order chi connectivity index (χ0) is 12.8. The second-order valence-corrected chi connectivity index (χ2v) is 4.76. The van der Waals surface area contributed by atoms with Gasteiger partial charge in [0.1, 0.15) is 16.5 Å². The fraction of sp³-hybridized carbons (Fsp3) is 0.143. The van der Waals surface area contributed by atoms with Gasteiger partial charge in [0, 0.05) is 23.3 Å². The van der Waals surface area contributed by atoms with Crippen LogP contribution in [0.4, 0.5) is 0 Å². The predicted molar refractivity (Wildman–Crippen MR) is 73.0 cm³/mol. The molecule has 0 amide bonds. The molecule has 3 aromatic heterocycles. The first-order valence-electron chi connectivity index (χ1n) is 6.25. The zero-order valence-corrected chi connectivity index (χ0v) is 10.2. The van der Waals surface area contributed by atoms with E-state index in [4.69, 9.17) is 0 Å². The molecule has 0 aromatic carbocycles. The summed E-state index contributed by atoms with van der Waals surface area (Å²) in [7, 11) is 0. The second kappa shape index (κ2) is 3.71. The van der Waals surface area contributed by atoms with Crippen LogP contribution in [0.15, 0.2) is 29.3 Å². The van der Waals surface area contributed by atoms with E-state index in [1.165, 1.54) is 5.57 Å². The Hall–Kier alpha value is -2.56. The van der Waals surface area contributed by atoms with Crippen LogP contribution in [0, 0.1) is 0 Å². The molecule has 0 radical (unpaired) electrons. The molecule has 0 unspecified atom stereocenters. The van der Waals surface area contributed by atoms with Crippen molar-refractivity contribution in [2.24, 2.45) is 0 Å². The zero-order valence-electron chi connectivity index (χ0n) is 10.2. The molecule has 19 heavy (non-hydrogen) atoms. The lowest BCUT2D eigenvalue weighted by atomic mass is 10.2. The SMILES string of the molecule is O=c1[nH]c(=C2CC2)[nH]c1=Cc1c[nH]c2ncccc12. The van der Waals surface area contributed by atoms with E-state index in [0.717, 1.165) is 34.9 Å². The van der Waals surface area contributed by atoms with Crippen molar-refractivity contribution in [1.82, 2.24) is 19.9 Å². The minimum atomic E-state index is -0.0763. The Morgan fingerprint density at radius 2 is 2.16 bits per heavy atom. The maximum atomic E-state index is 11.9. The Labute approximate surface area is 107 Å². The van der Waals surface area contributed by atoms with E-state index < -0.39 is 0 Å². The van der Waals surface area contributed by atoms with Gasteiger partial charge in [-0.2, -0.15) is 0 Å². The molecule has 5 nitrogen and oxygen atoms in total. The molecule has 0 bridgehead atoms. The standard InChI is InChI=1S/C14H12N4O/c19-14-11(17-12(18-14)8-3-4-8)6-9-7-16-13-10(9)2-1-5-15-13/h1-2,5-7,17H,3-4H2,(H,15,16)(H,18,19). The number of hydrogen-bond acceptors (Lipinski definition) is 2. The first-order valence-corrected chi connectivity index (χ1v) is 6.25. The Balaban J connectivity index is 1.97. The highest BCUT2D eigenvalue weighted by Crippen LogP contribution is 2.26. The third kappa shape index (κ3) is 1.71. The van der Waals surface area contributed by atoms with Crippen LogP contribution in [-0.4, -0.2) is 19.9 Å². The number of imidazole rings is 1. The molecule has 5 heteroatoms. The number of nitrogens with one attached hydrogen (secondary N) is 3. The molecular weight excluding hydrogens is 240 g/mol. The Morgan fingerprint density at radius 1 is 1.26 bits per heavy atom. The van der Waals surface area contributed by atoms with Gasteiger partial charge in [-0.25, -0.2) is 4.98 Å². The van der Waals surface area contributed by atoms with E-state index in [1.807, 2.05) is 24.4 Å². The van der Waals surface area contributed by atoms with Crippen LogP contribution in [0.25, 0.3) is 22.7 Å². The number of aromatic amines is 3. The lowest BCUT2D eigenvalue weighted by molar-refractivity contribution is 1.18. The fourth-order valence-corrected chi connectivity index (χ4v) is 2.25. The number of aromatic nitrogens is 4. The Kier molecular flexibility index (Phi) is 2.03. The van der Waals surface area contributed by atoms with Crippen molar-refractivity contribution in [3.05, 3.63) is 51.3 Å². The van der Waals surface area contributed by atoms with E-state index in [2.05, 4.69) is 19.9 Å².